The van der Waals surface area contributed by atoms with E-state index in [9.17, 15) is 9.90 Å². The summed E-state index contributed by atoms with van der Waals surface area (Å²) in [5.41, 5.74) is 4.14. The molecule has 0 spiro atoms. The van der Waals surface area contributed by atoms with Gasteiger partial charge in [-0.25, -0.2) is 0 Å². The topological polar surface area (TPSA) is 95.5 Å². The molecule has 0 saturated heterocycles. The number of nitrogens with one attached hydrogen (secondary N) is 1. The van der Waals surface area contributed by atoms with Crippen LogP contribution in [0.4, 0.5) is 0 Å². The summed E-state index contributed by atoms with van der Waals surface area (Å²) in [5.74, 6) is 1.67. The number of rotatable bonds is 11. The van der Waals surface area contributed by atoms with E-state index in [-0.39, 0.29) is 6.54 Å². The van der Waals surface area contributed by atoms with Crippen LogP contribution in [0, 0.1) is 0 Å². The number of carbonyl (C=O) groups is 1. The SMILES string of the molecule is COc1ccc(C(OC(C)=O)C2NCC(O)c3cc(OC)c(OCc4ccccc4)cc32)cc1OCc1ccccc1. The second-order valence-corrected chi connectivity index (χ2v) is 10.0. The van der Waals surface area contributed by atoms with Crippen molar-refractivity contribution in [3.63, 3.8) is 0 Å². The Morgan fingerprint density at radius 1 is 0.786 bits per heavy atom. The Bertz CT molecular complexity index is 1490. The largest absolute Gasteiger partial charge is 0.493 e. The lowest BCUT2D eigenvalue weighted by atomic mass is 9.86. The molecule has 5 rings (SSSR count). The van der Waals surface area contributed by atoms with Gasteiger partial charge >= 0.3 is 5.97 Å². The number of β-amino-alcohol motifs (C(OH)–C–C–N with tert-alkyl or cyclic N) is 1. The molecule has 218 valence electrons. The zero-order valence-electron chi connectivity index (χ0n) is 23.9. The van der Waals surface area contributed by atoms with Gasteiger partial charge in [0, 0.05) is 13.5 Å². The fourth-order valence-corrected chi connectivity index (χ4v) is 5.11. The molecule has 42 heavy (non-hydrogen) atoms. The molecule has 1 heterocycles. The van der Waals surface area contributed by atoms with E-state index in [1.54, 1.807) is 26.4 Å². The molecular formula is C34H35NO7. The highest BCUT2D eigenvalue weighted by atomic mass is 16.5. The number of ether oxygens (including phenoxy) is 5. The van der Waals surface area contributed by atoms with E-state index in [0.29, 0.717) is 47.3 Å². The van der Waals surface area contributed by atoms with Gasteiger partial charge in [0.25, 0.3) is 0 Å². The van der Waals surface area contributed by atoms with E-state index in [1.807, 2.05) is 78.9 Å². The van der Waals surface area contributed by atoms with Crippen molar-refractivity contribution in [2.45, 2.75) is 38.4 Å². The maximum atomic E-state index is 12.4. The van der Waals surface area contributed by atoms with Crippen LogP contribution in [-0.4, -0.2) is 31.8 Å². The molecule has 3 atom stereocenters. The molecule has 0 amide bonds. The van der Waals surface area contributed by atoms with Crippen molar-refractivity contribution in [1.29, 1.82) is 0 Å². The van der Waals surface area contributed by atoms with Crippen molar-refractivity contribution in [3.05, 3.63) is 119 Å². The van der Waals surface area contributed by atoms with Gasteiger partial charge in [0.2, 0.25) is 0 Å². The van der Waals surface area contributed by atoms with Gasteiger partial charge in [0.05, 0.1) is 26.4 Å². The highest BCUT2D eigenvalue weighted by Crippen LogP contribution is 2.45. The Labute approximate surface area is 245 Å². The van der Waals surface area contributed by atoms with Gasteiger partial charge in [-0.05, 0) is 52.1 Å². The van der Waals surface area contributed by atoms with Gasteiger partial charge in [-0.3, -0.25) is 4.79 Å². The second-order valence-electron chi connectivity index (χ2n) is 10.0. The molecule has 0 fully saturated rings. The highest BCUT2D eigenvalue weighted by molar-refractivity contribution is 5.66. The summed E-state index contributed by atoms with van der Waals surface area (Å²) >= 11 is 0. The summed E-state index contributed by atoms with van der Waals surface area (Å²) in [4.78, 5) is 12.4. The molecular weight excluding hydrogens is 534 g/mol. The van der Waals surface area contributed by atoms with Crippen LogP contribution in [-0.2, 0) is 22.7 Å². The van der Waals surface area contributed by atoms with Crippen LogP contribution in [0.1, 0.15) is 53.0 Å². The van der Waals surface area contributed by atoms with Gasteiger partial charge in [0.15, 0.2) is 23.0 Å². The lowest BCUT2D eigenvalue weighted by molar-refractivity contribution is -0.148. The number of esters is 1. The van der Waals surface area contributed by atoms with Crippen LogP contribution in [0.5, 0.6) is 23.0 Å². The van der Waals surface area contributed by atoms with E-state index in [2.05, 4.69) is 5.32 Å². The maximum absolute atomic E-state index is 12.4. The number of hydrogen-bond acceptors (Lipinski definition) is 8. The Morgan fingerprint density at radius 3 is 1.93 bits per heavy atom. The minimum absolute atomic E-state index is 0.260. The molecule has 8 heteroatoms. The molecule has 2 N–H and O–H groups in total. The fraction of sp³-hybridized carbons (Fsp3) is 0.265. The van der Waals surface area contributed by atoms with E-state index < -0.39 is 24.2 Å². The summed E-state index contributed by atoms with van der Waals surface area (Å²) in [7, 11) is 3.15. The first-order valence-corrected chi connectivity index (χ1v) is 13.8. The summed E-state index contributed by atoms with van der Waals surface area (Å²) in [6.45, 7) is 2.32. The fourth-order valence-electron chi connectivity index (χ4n) is 5.11. The van der Waals surface area contributed by atoms with Crippen LogP contribution in [0.25, 0.3) is 0 Å². The Morgan fingerprint density at radius 2 is 1.36 bits per heavy atom. The first-order chi connectivity index (χ1) is 20.5. The van der Waals surface area contributed by atoms with Crippen LogP contribution in [0.2, 0.25) is 0 Å². The number of benzene rings is 4. The number of hydrogen-bond donors (Lipinski definition) is 2. The predicted molar refractivity (Wildman–Crippen MR) is 158 cm³/mol. The van der Waals surface area contributed by atoms with Gasteiger partial charge in [-0.15, -0.1) is 0 Å². The number of fused-ring (bicyclic) bond motifs is 1. The van der Waals surface area contributed by atoms with Crippen molar-refractivity contribution in [2.75, 3.05) is 20.8 Å². The van der Waals surface area contributed by atoms with Gasteiger partial charge < -0.3 is 34.1 Å². The molecule has 0 radical (unpaired) electrons. The molecule has 0 aromatic heterocycles. The van der Waals surface area contributed by atoms with Crippen LogP contribution >= 0.6 is 0 Å². The van der Waals surface area contributed by atoms with Gasteiger partial charge in [0.1, 0.15) is 19.3 Å². The van der Waals surface area contributed by atoms with Crippen molar-refractivity contribution in [1.82, 2.24) is 5.32 Å². The Kier molecular flexibility index (Phi) is 9.26. The van der Waals surface area contributed by atoms with E-state index >= 15 is 0 Å². The van der Waals surface area contributed by atoms with Gasteiger partial charge in [-0.1, -0.05) is 66.7 Å². The van der Waals surface area contributed by atoms with Crippen molar-refractivity contribution in [2.24, 2.45) is 0 Å². The van der Waals surface area contributed by atoms with E-state index in [0.717, 1.165) is 16.7 Å². The third-order valence-corrected chi connectivity index (χ3v) is 7.18. The van der Waals surface area contributed by atoms with Crippen LogP contribution < -0.4 is 24.3 Å². The third kappa shape index (κ3) is 6.67. The zero-order chi connectivity index (χ0) is 29.5. The Balaban J connectivity index is 1.50. The summed E-state index contributed by atoms with van der Waals surface area (Å²) in [6, 6.07) is 28.3. The normalized spacial score (nSPS) is 16.6. The first kappa shape index (κ1) is 29.0. The molecule has 3 unspecified atom stereocenters. The highest BCUT2D eigenvalue weighted by Gasteiger charge is 2.36. The lowest BCUT2D eigenvalue weighted by Gasteiger charge is -2.36. The minimum atomic E-state index is -0.785. The monoisotopic (exact) mass is 569 g/mol. The van der Waals surface area contributed by atoms with E-state index in [4.69, 9.17) is 23.7 Å². The summed E-state index contributed by atoms with van der Waals surface area (Å²) < 4.78 is 29.4. The number of carbonyl (C=O) groups excluding carboxylic acids is 1. The standard InChI is InChI=1S/C34H35NO7/c1-22(36)42-34(25-14-15-29(38-2)31(16-25)40-20-23-10-6-4-7-11-23)33-27-18-32(41-21-24-12-8-5-9-13-24)30(39-3)17-26(27)28(37)19-35-33/h4-18,28,33-35,37H,19-21H2,1-3H3. The molecule has 1 aliphatic heterocycles. The van der Waals surface area contributed by atoms with Crippen molar-refractivity contribution < 1.29 is 33.6 Å². The maximum Gasteiger partial charge on any atom is 0.303 e. The third-order valence-electron chi connectivity index (χ3n) is 7.18. The Hall–Kier alpha value is -4.53. The molecule has 1 aliphatic rings. The van der Waals surface area contributed by atoms with Gasteiger partial charge in [-0.2, -0.15) is 0 Å². The first-order valence-electron chi connectivity index (χ1n) is 13.8. The average molecular weight is 570 g/mol. The zero-order valence-corrected chi connectivity index (χ0v) is 23.9. The molecule has 0 bridgehead atoms. The summed E-state index contributed by atoms with van der Waals surface area (Å²) in [6.07, 6.45) is -1.53. The number of aliphatic hydroxyl groups is 1. The molecule has 0 aliphatic carbocycles. The van der Waals surface area contributed by atoms with Crippen LogP contribution in [0.3, 0.4) is 0 Å². The summed E-state index contributed by atoms with van der Waals surface area (Å²) in [5, 5.41) is 14.3. The quantitative estimate of drug-likeness (QED) is 0.218. The molecule has 4 aromatic rings. The number of aliphatic hydroxyl groups excluding tert-OH is 1. The predicted octanol–water partition coefficient (Wildman–Crippen LogP) is 5.84. The van der Waals surface area contributed by atoms with Crippen molar-refractivity contribution >= 4 is 5.97 Å². The van der Waals surface area contributed by atoms with Crippen LogP contribution in [0.15, 0.2) is 91.0 Å². The second kappa shape index (κ2) is 13.4. The molecule has 4 aromatic carbocycles. The van der Waals surface area contributed by atoms with E-state index in [1.165, 1.54) is 6.92 Å². The minimum Gasteiger partial charge on any atom is -0.493 e. The average Bonchev–Trinajstić information content (AvgIpc) is 3.02. The van der Waals surface area contributed by atoms with Crippen molar-refractivity contribution in [3.8, 4) is 23.0 Å². The molecule has 8 nitrogen and oxygen atoms in total. The lowest BCUT2D eigenvalue weighted by Crippen LogP contribution is -2.37. The smallest absolute Gasteiger partial charge is 0.303 e. The number of methoxy groups -OCH3 is 2. The molecule has 0 saturated carbocycles.